The molecule has 1 rings (SSSR count). The van der Waals surface area contributed by atoms with E-state index in [2.05, 4.69) is 22.3 Å². The molecule has 0 spiro atoms. The normalized spacial score (nSPS) is 9.80. The molecule has 0 aliphatic rings. The lowest BCUT2D eigenvalue weighted by Gasteiger charge is -1.92. The molecule has 1 aromatic rings. The fraction of sp³-hybridized carbons (Fsp3) is 0.500. The molecule has 0 amide bonds. The summed E-state index contributed by atoms with van der Waals surface area (Å²) in [6.45, 7) is 7.14. The topological polar surface area (TPSA) is 42.7 Å². The fourth-order valence-electron chi connectivity index (χ4n) is 0.641. The summed E-state index contributed by atoms with van der Waals surface area (Å²) in [6, 6.07) is 0. The Bertz CT molecular complexity index is 193. The molecule has 0 aliphatic carbocycles. The minimum Gasteiger partial charge on any atom is -0.353 e. The van der Waals surface area contributed by atoms with Gasteiger partial charge in [-0.1, -0.05) is 0 Å². The van der Waals surface area contributed by atoms with Gasteiger partial charge in [0.2, 0.25) is 5.95 Å². The molecule has 0 unspecified atom stereocenters. The second kappa shape index (κ2) is 3.20. The van der Waals surface area contributed by atoms with Gasteiger partial charge in [0.25, 0.3) is 0 Å². The van der Waals surface area contributed by atoms with E-state index in [0.717, 1.165) is 6.54 Å². The summed E-state index contributed by atoms with van der Waals surface area (Å²) in [7, 11) is 0. The van der Waals surface area contributed by atoms with Crippen LogP contribution >= 0.6 is 0 Å². The number of rotatable bonds is 3. The predicted octanol–water partition coefficient (Wildman–Crippen LogP) is 0.544. The minimum absolute atomic E-state index is 0.623. The molecule has 0 bridgehead atoms. The Balaban J connectivity index is 2.59. The first-order chi connectivity index (χ1) is 4.86. The lowest BCUT2D eigenvalue weighted by Crippen LogP contribution is -2.00. The highest BCUT2D eigenvalue weighted by Crippen LogP contribution is 1.93. The molecule has 10 heavy (non-hydrogen) atoms. The Morgan fingerprint density at radius 3 is 3.10 bits per heavy atom. The van der Waals surface area contributed by atoms with Crippen molar-refractivity contribution in [3.05, 3.63) is 13.3 Å². The van der Waals surface area contributed by atoms with Gasteiger partial charge in [0.05, 0.1) is 0 Å². The first-order valence-electron chi connectivity index (χ1n) is 3.29. The van der Waals surface area contributed by atoms with E-state index in [9.17, 15) is 0 Å². The van der Waals surface area contributed by atoms with Crippen molar-refractivity contribution >= 4 is 5.95 Å². The van der Waals surface area contributed by atoms with Gasteiger partial charge in [0, 0.05) is 13.1 Å². The van der Waals surface area contributed by atoms with Gasteiger partial charge in [0.15, 0.2) is 0 Å². The van der Waals surface area contributed by atoms with E-state index >= 15 is 0 Å². The molecule has 55 valence electrons. The standard InChI is InChI=1S/C6H11N4/c1-3-7-6-8-5-10(4-2)9-6/h5H,2-4H2,1H3,(H,7,9). The predicted molar refractivity (Wildman–Crippen MR) is 39.5 cm³/mol. The van der Waals surface area contributed by atoms with Crippen molar-refractivity contribution in [3.8, 4) is 0 Å². The van der Waals surface area contributed by atoms with Crippen LogP contribution in [0, 0.1) is 6.92 Å². The van der Waals surface area contributed by atoms with Crippen LogP contribution in [0.5, 0.6) is 0 Å². The van der Waals surface area contributed by atoms with Crippen molar-refractivity contribution in [2.75, 3.05) is 11.9 Å². The first-order valence-corrected chi connectivity index (χ1v) is 3.29. The van der Waals surface area contributed by atoms with Gasteiger partial charge < -0.3 is 5.32 Å². The smallest absolute Gasteiger partial charge is 0.242 e. The zero-order valence-corrected chi connectivity index (χ0v) is 6.04. The molecule has 0 fully saturated rings. The largest absolute Gasteiger partial charge is 0.353 e. The van der Waals surface area contributed by atoms with Crippen molar-refractivity contribution in [1.29, 1.82) is 0 Å². The monoisotopic (exact) mass is 139 g/mol. The van der Waals surface area contributed by atoms with E-state index in [0.29, 0.717) is 12.5 Å². The number of hydrogen-bond acceptors (Lipinski definition) is 3. The van der Waals surface area contributed by atoms with Crippen LogP contribution in [0.3, 0.4) is 0 Å². The molecule has 0 aromatic carbocycles. The molecule has 4 heteroatoms. The fourth-order valence-corrected chi connectivity index (χ4v) is 0.641. The van der Waals surface area contributed by atoms with Crippen LogP contribution in [0.1, 0.15) is 6.92 Å². The number of anilines is 1. The van der Waals surface area contributed by atoms with E-state index < -0.39 is 0 Å². The summed E-state index contributed by atoms with van der Waals surface area (Å²) in [4.78, 5) is 3.98. The molecule has 0 saturated heterocycles. The van der Waals surface area contributed by atoms with Crippen LogP contribution in [0.25, 0.3) is 0 Å². The average molecular weight is 139 g/mol. The summed E-state index contributed by atoms with van der Waals surface area (Å²) >= 11 is 0. The minimum atomic E-state index is 0.623. The van der Waals surface area contributed by atoms with Crippen molar-refractivity contribution in [1.82, 2.24) is 14.8 Å². The lowest BCUT2D eigenvalue weighted by atomic mass is 10.7. The Morgan fingerprint density at radius 1 is 1.80 bits per heavy atom. The summed E-state index contributed by atoms with van der Waals surface area (Å²) in [5.41, 5.74) is 0. The van der Waals surface area contributed by atoms with E-state index in [1.165, 1.54) is 0 Å². The van der Waals surface area contributed by atoms with Gasteiger partial charge >= 0.3 is 0 Å². The molecule has 0 aliphatic heterocycles. The Morgan fingerprint density at radius 2 is 2.60 bits per heavy atom. The zero-order chi connectivity index (χ0) is 7.40. The molecular weight excluding hydrogens is 128 g/mol. The molecule has 1 radical (unpaired) electrons. The first kappa shape index (κ1) is 7.05. The van der Waals surface area contributed by atoms with E-state index in [4.69, 9.17) is 0 Å². The van der Waals surface area contributed by atoms with Gasteiger partial charge in [0.1, 0.15) is 6.33 Å². The van der Waals surface area contributed by atoms with E-state index in [1.807, 2.05) is 6.92 Å². The van der Waals surface area contributed by atoms with Crippen LogP contribution < -0.4 is 5.32 Å². The Labute approximate surface area is 60.3 Å². The van der Waals surface area contributed by atoms with Gasteiger partial charge in [-0.15, -0.1) is 5.10 Å². The average Bonchev–Trinajstić information content (AvgIpc) is 2.37. The molecule has 1 N–H and O–H groups in total. The maximum absolute atomic E-state index is 4.05. The van der Waals surface area contributed by atoms with Gasteiger partial charge in [-0.25, -0.2) is 4.98 Å². The third-order valence-corrected chi connectivity index (χ3v) is 1.10. The zero-order valence-electron chi connectivity index (χ0n) is 6.04. The van der Waals surface area contributed by atoms with Crippen LogP contribution in [-0.4, -0.2) is 21.3 Å². The van der Waals surface area contributed by atoms with Gasteiger partial charge in [-0.05, 0) is 13.8 Å². The van der Waals surface area contributed by atoms with Gasteiger partial charge in [-0.2, -0.15) is 0 Å². The molecule has 4 nitrogen and oxygen atoms in total. The molecule has 1 aromatic heterocycles. The van der Waals surface area contributed by atoms with Crippen molar-refractivity contribution < 1.29 is 0 Å². The highest BCUT2D eigenvalue weighted by molar-refractivity contribution is 5.19. The number of hydrogen-bond donors (Lipinski definition) is 1. The number of nitrogens with one attached hydrogen (secondary N) is 1. The summed E-state index contributed by atoms with van der Waals surface area (Å²) in [5, 5.41) is 7.04. The Kier molecular flexibility index (Phi) is 2.25. The maximum Gasteiger partial charge on any atom is 0.242 e. The molecule has 1 heterocycles. The highest BCUT2D eigenvalue weighted by atomic mass is 15.4. The molecule has 0 atom stereocenters. The summed E-state index contributed by atoms with van der Waals surface area (Å²) in [6.07, 6.45) is 1.66. The van der Waals surface area contributed by atoms with Crippen molar-refractivity contribution in [3.63, 3.8) is 0 Å². The van der Waals surface area contributed by atoms with E-state index in [1.54, 1.807) is 11.0 Å². The SMILES string of the molecule is [CH2]Cn1cnc(NCC)n1. The van der Waals surface area contributed by atoms with Crippen LogP contribution in [0.4, 0.5) is 5.95 Å². The summed E-state index contributed by atoms with van der Waals surface area (Å²) in [5.74, 6) is 0.672. The molecule has 0 saturated carbocycles. The third kappa shape index (κ3) is 1.46. The van der Waals surface area contributed by atoms with Crippen LogP contribution in [0.15, 0.2) is 6.33 Å². The van der Waals surface area contributed by atoms with Gasteiger partial charge in [-0.3, -0.25) is 4.68 Å². The van der Waals surface area contributed by atoms with Crippen LogP contribution in [0.2, 0.25) is 0 Å². The summed E-state index contributed by atoms with van der Waals surface area (Å²) < 4.78 is 1.68. The number of aromatic nitrogens is 3. The quantitative estimate of drug-likeness (QED) is 0.664. The maximum atomic E-state index is 4.05. The second-order valence-corrected chi connectivity index (χ2v) is 1.86. The van der Waals surface area contributed by atoms with E-state index in [-0.39, 0.29) is 0 Å². The highest BCUT2D eigenvalue weighted by Gasteiger charge is 1.94. The Hall–Kier alpha value is -1.06. The third-order valence-electron chi connectivity index (χ3n) is 1.10. The second-order valence-electron chi connectivity index (χ2n) is 1.86. The lowest BCUT2D eigenvalue weighted by molar-refractivity contribution is 0.699. The van der Waals surface area contributed by atoms with Crippen molar-refractivity contribution in [2.45, 2.75) is 13.5 Å². The molecular formula is C6H11N4. The van der Waals surface area contributed by atoms with Crippen LogP contribution in [-0.2, 0) is 6.54 Å². The number of nitrogens with zero attached hydrogens (tertiary/aromatic N) is 3. The van der Waals surface area contributed by atoms with Crippen molar-refractivity contribution in [2.24, 2.45) is 0 Å².